The van der Waals surface area contributed by atoms with E-state index in [0.29, 0.717) is 45.1 Å². The molecule has 9 heteroatoms. The highest BCUT2D eigenvalue weighted by atomic mass is 16.7. The summed E-state index contributed by atoms with van der Waals surface area (Å²) in [5.74, 6) is 5.77. The summed E-state index contributed by atoms with van der Waals surface area (Å²) < 4.78 is 11.4. The number of nitrogens with zero attached hydrogens (tertiary/aromatic N) is 5. The van der Waals surface area contributed by atoms with Gasteiger partial charge in [-0.2, -0.15) is 5.10 Å². The maximum absolute atomic E-state index is 12.8. The van der Waals surface area contributed by atoms with Crippen LogP contribution in [-0.2, 0) is 20.8 Å². The number of piperazine rings is 1. The highest BCUT2D eigenvalue weighted by Gasteiger charge is 2.28. The molecule has 2 aliphatic rings. The first kappa shape index (κ1) is 24.8. The zero-order chi connectivity index (χ0) is 24.8. The van der Waals surface area contributed by atoms with E-state index < -0.39 is 0 Å². The first-order chi connectivity index (χ1) is 16.8. The third kappa shape index (κ3) is 6.43. The Morgan fingerprint density at radius 1 is 1.23 bits per heavy atom. The summed E-state index contributed by atoms with van der Waals surface area (Å²) in [5, 5.41) is 3.93. The van der Waals surface area contributed by atoms with Gasteiger partial charge in [0.05, 0.1) is 38.5 Å². The summed E-state index contributed by atoms with van der Waals surface area (Å²) in [4.78, 5) is 25.5. The molecule has 1 amide bonds. The lowest BCUT2D eigenvalue weighted by atomic mass is 9.96. The number of hydrogen-bond donors (Lipinski definition) is 1. The van der Waals surface area contributed by atoms with Crippen LogP contribution < -0.4 is 10.7 Å². The summed E-state index contributed by atoms with van der Waals surface area (Å²) >= 11 is 0. The average Bonchev–Trinajstić information content (AvgIpc) is 2.85. The normalized spacial score (nSPS) is 19.5. The Balaban J connectivity index is 1.35. The average molecular weight is 479 g/mol. The molecule has 0 aliphatic carbocycles. The smallest absolute Gasteiger partial charge is 0.242 e. The molecule has 2 N–H and O–H groups in total. The van der Waals surface area contributed by atoms with Crippen LogP contribution in [0.5, 0.6) is 0 Å². The van der Waals surface area contributed by atoms with Crippen molar-refractivity contribution < 1.29 is 14.3 Å². The van der Waals surface area contributed by atoms with Gasteiger partial charge < -0.3 is 25.1 Å². The number of aliphatic imine (C=N–C) groups is 1. The van der Waals surface area contributed by atoms with Gasteiger partial charge in [0.25, 0.3) is 0 Å². The highest BCUT2D eigenvalue weighted by Crippen LogP contribution is 2.24. The van der Waals surface area contributed by atoms with Gasteiger partial charge in [-0.3, -0.25) is 14.8 Å². The van der Waals surface area contributed by atoms with Crippen LogP contribution in [-0.4, -0.2) is 73.4 Å². The van der Waals surface area contributed by atoms with E-state index in [9.17, 15) is 4.79 Å². The Labute approximate surface area is 206 Å². The van der Waals surface area contributed by atoms with Crippen molar-refractivity contribution in [2.45, 2.75) is 33.6 Å². The van der Waals surface area contributed by atoms with Crippen LogP contribution in [0, 0.1) is 12.3 Å². The SMILES string of the molecule is Cc1cc(N2CCN(Cc3ccccn3)C(=O)C2)ccc1/C(C=NCC1OCC(C)(C)CO1)=N/N. The fourth-order valence-electron chi connectivity index (χ4n) is 4.15. The van der Waals surface area contributed by atoms with Gasteiger partial charge in [0.1, 0.15) is 5.71 Å². The van der Waals surface area contributed by atoms with E-state index in [4.69, 9.17) is 15.3 Å². The Hall–Kier alpha value is -3.30. The molecule has 2 aromatic rings. The second kappa shape index (κ2) is 11.0. The van der Waals surface area contributed by atoms with E-state index in [1.807, 2.05) is 42.2 Å². The number of nitrogens with two attached hydrogens (primary N) is 1. The van der Waals surface area contributed by atoms with Crippen LogP contribution >= 0.6 is 0 Å². The quantitative estimate of drug-likeness (QED) is 0.372. The monoisotopic (exact) mass is 478 g/mol. The third-order valence-corrected chi connectivity index (χ3v) is 6.18. The number of hydrazone groups is 1. The number of aromatic nitrogens is 1. The molecule has 4 rings (SSSR count). The van der Waals surface area contributed by atoms with Gasteiger partial charge in [0.15, 0.2) is 6.29 Å². The van der Waals surface area contributed by atoms with E-state index in [1.165, 1.54) is 0 Å². The van der Waals surface area contributed by atoms with Crippen molar-refractivity contribution >= 4 is 23.5 Å². The molecule has 0 unspecified atom stereocenters. The molecule has 35 heavy (non-hydrogen) atoms. The van der Waals surface area contributed by atoms with Crippen LogP contribution in [0.15, 0.2) is 52.7 Å². The number of anilines is 1. The van der Waals surface area contributed by atoms with E-state index in [-0.39, 0.29) is 17.6 Å². The lowest BCUT2D eigenvalue weighted by Gasteiger charge is -2.35. The molecule has 3 heterocycles. The topological polar surface area (TPSA) is 106 Å². The molecule has 186 valence electrons. The molecule has 2 fully saturated rings. The molecule has 2 aliphatic heterocycles. The molecular formula is C26H34N6O3. The fourth-order valence-corrected chi connectivity index (χ4v) is 4.15. The number of hydrogen-bond acceptors (Lipinski definition) is 8. The van der Waals surface area contributed by atoms with E-state index in [0.717, 1.165) is 29.1 Å². The second-order valence-corrected chi connectivity index (χ2v) is 9.78. The van der Waals surface area contributed by atoms with E-state index in [2.05, 4.69) is 39.9 Å². The third-order valence-electron chi connectivity index (χ3n) is 6.18. The lowest BCUT2D eigenvalue weighted by molar-refractivity contribution is -0.215. The Kier molecular flexibility index (Phi) is 7.77. The zero-order valence-electron chi connectivity index (χ0n) is 20.7. The van der Waals surface area contributed by atoms with Gasteiger partial charge in [0, 0.05) is 42.2 Å². The predicted molar refractivity (Wildman–Crippen MR) is 137 cm³/mol. The van der Waals surface area contributed by atoms with Gasteiger partial charge >= 0.3 is 0 Å². The minimum atomic E-state index is -0.351. The largest absolute Gasteiger partial charge is 0.360 e. The molecule has 0 atom stereocenters. The van der Waals surface area contributed by atoms with Crippen molar-refractivity contribution in [1.82, 2.24) is 9.88 Å². The number of carbonyl (C=O) groups excluding carboxylic acids is 1. The summed E-state index contributed by atoms with van der Waals surface area (Å²) in [6.45, 7) is 10.2. The zero-order valence-corrected chi connectivity index (χ0v) is 20.7. The Bertz CT molecular complexity index is 1080. The van der Waals surface area contributed by atoms with Crippen molar-refractivity contribution in [3.63, 3.8) is 0 Å². The van der Waals surface area contributed by atoms with Crippen molar-refractivity contribution in [2.24, 2.45) is 21.4 Å². The molecule has 0 radical (unpaired) electrons. The fraction of sp³-hybridized carbons (Fsp3) is 0.462. The number of pyridine rings is 1. The number of rotatable bonds is 7. The molecule has 1 aromatic heterocycles. The van der Waals surface area contributed by atoms with Crippen molar-refractivity contribution in [3.8, 4) is 0 Å². The first-order valence-electron chi connectivity index (χ1n) is 11.9. The van der Waals surface area contributed by atoms with E-state index in [1.54, 1.807) is 12.4 Å². The Morgan fingerprint density at radius 2 is 2.03 bits per heavy atom. The maximum atomic E-state index is 12.8. The minimum absolute atomic E-state index is 0.0271. The summed E-state index contributed by atoms with van der Waals surface area (Å²) in [7, 11) is 0. The van der Waals surface area contributed by atoms with Crippen LogP contribution in [0.2, 0.25) is 0 Å². The van der Waals surface area contributed by atoms with Crippen LogP contribution in [0.25, 0.3) is 0 Å². The standard InChI is InChI=1S/C26H34N6O3/c1-19-12-21(31-10-11-32(24(33)16-31)15-20-6-4-5-9-29-20)7-8-22(19)23(30-27)13-28-14-25-34-17-26(2,3)18-35-25/h4-9,12-13,25H,10-11,14-18,27H2,1-3H3/b28-13?,30-23+. The molecule has 9 nitrogen and oxygen atoms in total. The number of carbonyl (C=O) groups is 1. The lowest BCUT2D eigenvalue weighted by Crippen LogP contribution is -2.50. The van der Waals surface area contributed by atoms with E-state index >= 15 is 0 Å². The Morgan fingerprint density at radius 3 is 2.69 bits per heavy atom. The first-order valence-corrected chi connectivity index (χ1v) is 11.9. The molecule has 0 saturated carbocycles. The number of ether oxygens (including phenoxy) is 2. The summed E-state index contributed by atoms with van der Waals surface area (Å²) in [5.41, 5.74) is 4.41. The number of amides is 1. The highest BCUT2D eigenvalue weighted by molar-refractivity contribution is 6.38. The number of aryl methyl sites for hydroxylation is 1. The van der Waals surface area contributed by atoms with Crippen molar-refractivity contribution in [2.75, 3.05) is 44.3 Å². The molecule has 0 bridgehead atoms. The van der Waals surface area contributed by atoms with Crippen LogP contribution in [0.3, 0.4) is 0 Å². The minimum Gasteiger partial charge on any atom is -0.360 e. The van der Waals surface area contributed by atoms with Gasteiger partial charge in [-0.15, -0.1) is 0 Å². The van der Waals surface area contributed by atoms with Gasteiger partial charge in [-0.05, 0) is 36.8 Å². The summed E-state index contributed by atoms with van der Waals surface area (Å²) in [6.07, 6.45) is 3.06. The van der Waals surface area contributed by atoms with Crippen LogP contribution in [0.4, 0.5) is 5.69 Å². The number of benzene rings is 1. The summed E-state index contributed by atoms with van der Waals surface area (Å²) in [6, 6.07) is 11.8. The maximum Gasteiger partial charge on any atom is 0.242 e. The van der Waals surface area contributed by atoms with Crippen LogP contribution in [0.1, 0.15) is 30.7 Å². The molecular weight excluding hydrogens is 444 g/mol. The molecule has 1 aromatic carbocycles. The van der Waals surface area contributed by atoms with Crippen molar-refractivity contribution in [3.05, 3.63) is 59.4 Å². The van der Waals surface area contributed by atoms with Gasteiger partial charge in [-0.25, -0.2) is 0 Å². The predicted octanol–water partition coefficient (Wildman–Crippen LogP) is 2.37. The molecule has 2 saturated heterocycles. The van der Waals surface area contributed by atoms with Crippen molar-refractivity contribution in [1.29, 1.82) is 0 Å². The second-order valence-electron chi connectivity index (χ2n) is 9.78. The van der Waals surface area contributed by atoms with Gasteiger partial charge in [-0.1, -0.05) is 26.0 Å². The van der Waals surface area contributed by atoms with Gasteiger partial charge in [0.2, 0.25) is 5.91 Å². The molecule has 0 spiro atoms.